The number of ether oxygens (including phenoxy) is 3. The zero-order valence-corrected chi connectivity index (χ0v) is 18.1. The topological polar surface area (TPSA) is 86.6 Å². The van der Waals surface area contributed by atoms with Crippen LogP contribution < -0.4 is 24.8 Å². The molecule has 1 aromatic heterocycles. The van der Waals surface area contributed by atoms with Crippen molar-refractivity contribution in [3.8, 4) is 17.2 Å². The van der Waals surface area contributed by atoms with Crippen LogP contribution in [-0.4, -0.2) is 35.8 Å². The second kappa shape index (κ2) is 8.47. The van der Waals surface area contributed by atoms with Crippen molar-refractivity contribution in [2.75, 3.05) is 19.2 Å². The molecule has 0 spiro atoms. The molecule has 2 atom stereocenters. The van der Waals surface area contributed by atoms with Gasteiger partial charge in [-0.25, -0.2) is 4.68 Å². The summed E-state index contributed by atoms with van der Waals surface area (Å²) in [5, 5.41) is 9.75. The van der Waals surface area contributed by atoms with Crippen LogP contribution in [0.5, 0.6) is 17.2 Å². The number of amides is 1. The lowest BCUT2D eigenvalue weighted by atomic mass is 9.96. The number of carbonyl (C=O) groups excluding carboxylic acids is 1. The summed E-state index contributed by atoms with van der Waals surface area (Å²) >= 11 is 0. The maximum Gasteiger partial charge on any atom is 0.410 e. The van der Waals surface area contributed by atoms with Gasteiger partial charge >= 0.3 is 6.18 Å². The molecule has 178 valence electrons. The second-order valence-corrected chi connectivity index (χ2v) is 7.99. The zero-order chi connectivity index (χ0) is 23.9. The number of carbonyl (C=O) groups is 1. The van der Waals surface area contributed by atoms with Crippen molar-refractivity contribution in [3.63, 3.8) is 0 Å². The molecule has 34 heavy (non-hydrogen) atoms. The summed E-state index contributed by atoms with van der Waals surface area (Å²) in [4.78, 5) is 12.6. The van der Waals surface area contributed by atoms with Crippen molar-refractivity contribution >= 4 is 11.7 Å². The average Bonchev–Trinajstić information content (AvgIpc) is 3.48. The highest BCUT2D eigenvalue weighted by atomic mass is 19.4. The quantitative estimate of drug-likeness (QED) is 0.576. The summed E-state index contributed by atoms with van der Waals surface area (Å²) in [5.74, 6) is 1.26. The number of aromatic nitrogens is 2. The number of nitrogens with zero attached hydrogens (tertiary/aromatic N) is 2. The van der Waals surface area contributed by atoms with E-state index in [4.69, 9.17) is 14.2 Å². The largest absolute Gasteiger partial charge is 0.497 e. The first-order valence-electron chi connectivity index (χ1n) is 10.6. The molecule has 8 nitrogen and oxygen atoms in total. The predicted molar refractivity (Wildman–Crippen MR) is 115 cm³/mol. The van der Waals surface area contributed by atoms with E-state index in [1.54, 1.807) is 49.6 Å². The molecule has 0 fully saturated rings. The van der Waals surface area contributed by atoms with E-state index < -0.39 is 24.2 Å². The Morgan fingerprint density at radius 1 is 1.18 bits per heavy atom. The number of hydrogen-bond acceptors (Lipinski definition) is 6. The normalized spacial score (nSPS) is 18.7. The van der Waals surface area contributed by atoms with E-state index >= 15 is 0 Å². The maximum absolute atomic E-state index is 13.9. The fraction of sp³-hybridized carbons (Fsp3) is 0.304. The molecule has 0 saturated heterocycles. The molecule has 2 aliphatic heterocycles. The fourth-order valence-corrected chi connectivity index (χ4v) is 4.05. The third-order valence-corrected chi connectivity index (χ3v) is 5.83. The highest BCUT2D eigenvalue weighted by Gasteiger charge is 2.47. The van der Waals surface area contributed by atoms with Gasteiger partial charge in [-0.05, 0) is 35.4 Å². The van der Waals surface area contributed by atoms with Crippen LogP contribution in [0.1, 0.15) is 40.1 Å². The van der Waals surface area contributed by atoms with Gasteiger partial charge in [-0.15, -0.1) is 0 Å². The van der Waals surface area contributed by atoms with E-state index in [1.807, 2.05) is 0 Å². The van der Waals surface area contributed by atoms with Crippen LogP contribution in [0.4, 0.5) is 19.0 Å². The molecule has 2 aromatic carbocycles. The molecule has 11 heteroatoms. The Hall–Kier alpha value is -3.89. The molecule has 5 rings (SSSR count). The second-order valence-electron chi connectivity index (χ2n) is 7.99. The van der Waals surface area contributed by atoms with Gasteiger partial charge in [0, 0.05) is 19.0 Å². The van der Waals surface area contributed by atoms with Crippen LogP contribution in [0.2, 0.25) is 0 Å². The first-order valence-corrected chi connectivity index (χ1v) is 10.6. The first-order chi connectivity index (χ1) is 16.3. The lowest BCUT2D eigenvalue weighted by Gasteiger charge is -2.33. The summed E-state index contributed by atoms with van der Waals surface area (Å²) in [5.41, 5.74) is 1.33. The van der Waals surface area contributed by atoms with Gasteiger partial charge in [-0.3, -0.25) is 4.79 Å². The van der Waals surface area contributed by atoms with E-state index in [0.717, 1.165) is 10.2 Å². The number of nitrogens with one attached hydrogen (secondary N) is 2. The van der Waals surface area contributed by atoms with Crippen LogP contribution >= 0.6 is 0 Å². The van der Waals surface area contributed by atoms with Crippen molar-refractivity contribution < 1.29 is 32.2 Å². The Morgan fingerprint density at radius 3 is 2.68 bits per heavy atom. The third-order valence-electron chi connectivity index (χ3n) is 5.83. The number of fused-ring (bicyclic) bond motifs is 2. The van der Waals surface area contributed by atoms with E-state index in [2.05, 4.69) is 15.7 Å². The van der Waals surface area contributed by atoms with Crippen LogP contribution in [0.3, 0.4) is 0 Å². The lowest BCUT2D eigenvalue weighted by Crippen LogP contribution is -2.35. The number of benzene rings is 2. The molecule has 2 aliphatic rings. The number of alkyl halides is 3. The Balaban J connectivity index is 1.36. The average molecular weight is 474 g/mol. The van der Waals surface area contributed by atoms with Gasteiger partial charge in [-0.1, -0.05) is 18.2 Å². The smallest absolute Gasteiger partial charge is 0.410 e. The monoisotopic (exact) mass is 474 g/mol. The maximum atomic E-state index is 13.9. The number of methoxy groups -OCH3 is 1. The molecular formula is C23H21F3N4O4. The molecule has 3 heterocycles. The van der Waals surface area contributed by atoms with Crippen molar-refractivity contribution in [1.29, 1.82) is 0 Å². The Kier molecular flexibility index (Phi) is 5.46. The molecule has 3 aromatic rings. The van der Waals surface area contributed by atoms with E-state index in [9.17, 15) is 18.0 Å². The van der Waals surface area contributed by atoms with E-state index in [1.165, 1.54) is 6.07 Å². The molecule has 0 unspecified atom stereocenters. The molecule has 2 N–H and O–H groups in total. The van der Waals surface area contributed by atoms with Gasteiger partial charge in [0.2, 0.25) is 6.79 Å². The zero-order valence-electron chi connectivity index (χ0n) is 18.1. The molecule has 0 radical (unpaired) electrons. The molecule has 1 amide bonds. The van der Waals surface area contributed by atoms with Gasteiger partial charge in [0.25, 0.3) is 5.91 Å². The number of halogens is 3. The highest BCUT2D eigenvalue weighted by molar-refractivity contribution is 5.93. The standard InChI is InChI=1S/C23H21F3N4O4/c1-32-15-5-2-13(3-6-15)11-27-22(31)17-10-21-28-16(9-20(23(24,25)26)30(21)29-17)14-4-7-18-19(8-14)34-12-33-18/h2-8,10,16,20,28H,9,11-12H2,1H3,(H,27,31)/t16-,20+/m1/s1. The Labute approximate surface area is 192 Å². The van der Waals surface area contributed by atoms with Crippen LogP contribution in [-0.2, 0) is 6.54 Å². The number of rotatable bonds is 5. The van der Waals surface area contributed by atoms with Crippen molar-refractivity contribution in [2.24, 2.45) is 0 Å². The number of hydrogen-bond donors (Lipinski definition) is 2. The molecule has 0 saturated carbocycles. The summed E-state index contributed by atoms with van der Waals surface area (Å²) in [6, 6.07) is 10.9. The number of anilines is 1. The van der Waals surface area contributed by atoms with E-state index in [0.29, 0.717) is 22.8 Å². The van der Waals surface area contributed by atoms with Crippen molar-refractivity contribution in [2.45, 2.75) is 31.2 Å². The molecule has 0 bridgehead atoms. The molecular weight excluding hydrogens is 453 g/mol. The molecule has 0 aliphatic carbocycles. The fourth-order valence-electron chi connectivity index (χ4n) is 4.05. The van der Waals surface area contributed by atoms with Gasteiger partial charge in [0.1, 0.15) is 11.6 Å². The highest BCUT2D eigenvalue weighted by Crippen LogP contribution is 2.45. The van der Waals surface area contributed by atoms with Crippen LogP contribution in [0, 0.1) is 0 Å². The summed E-state index contributed by atoms with van der Waals surface area (Å²) in [6.07, 6.45) is -4.83. The minimum Gasteiger partial charge on any atom is -0.497 e. The van der Waals surface area contributed by atoms with Gasteiger partial charge < -0.3 is 24.8 Å². The minimum absolute atomic E-state index is 0.0732. The summed E-state index contributed by atoms with van der Waals surface area (Å²) in [7, 11) is 1.55. The van der Waals surface area contributed by atoms with Crippen molar-refractivity contribution in [3.05, 3.63) is 65.4 Å². The lowest BCUT2D eigenvalue weighted by molar-refractivity contribution is -0.173. The Bertz CT molecular complexity index is 1210. The predicted octanol–water partition coefficient (Wildman–Crippen LogP) is 4.21. The van der Waals surface area contributed by atoms with Gasteiger partial charge in [0.15, 0.2) is 23.2 Å². The van der Waals surface area contributed by atoms with Gasteiger partial charge in [0.05, 0.1) is 13.2 Å². The first kappa shape index (κ1) is 21.9. The summed E-state index contributed by atoms with van der Waals surface area (Å²) in [6.45, 7) is 0.269. The van der Waals surface area contributed by atoms with E-state index in [-0.39, 0.29) is 31.3 Å². The van der Waals surface area contributed by atoms with Crippen molar-refractivity contribution in [1.82, 2.24) is 15.1 Å². The van der Waals surface area contributed by atoms with Gasteiger partial charge in [-0.2, -0.15) is 18.3 Å². The SMILES string of the molecule is COc1ccc(CNC(=O)c2cc3n(n2)[C@H](C(F)(F)F)C[C@H](c2ccc4c(c2)OCO4)N3)cc1. The Morgan fingerprint density at radius 2 is 1.94 bits per heavy atom. The summed E-state index contributed by atoms with van der Waals surface area (Å²) < 4.78 is 58.4. The minimum atomic E-state index is -4.55. The van der Waals surface area contributed by atoms with Crippen LogP contribution in [0.15, 0.2) is 48.5 Å². The van der Waals surface area contributed by atoms with Crippen LogP contribution in [0.25, 0.3) is 0 Å². The third kappa shape index (κ3) is 4.20.